The Morgan fingerprint density at radius 1 is 1.06 bits per heavy atom. The van der Waals surface area contributed by atoms with Crippen LogP contribution in [0.5, 0.6) is 0 Å². The van der Waals surface area contributed by atoms with E-state index >= 15 is 0 Å². The highest BCUT2D eigenvalue weighted by Crippen LogP contribution is 2.16. The van der Waals surface area contributed by atoms with Crippen LogP contribution in [0.1, 0.15) is 49.6 Å². The van der Waals surface area contributed by atoms with Crippen molar-refractivity contribution in [1.82, 2.24) is 20.3 Å². The summed E-state index contributed by atoms with van der Waals surface area (Å²) < 4.78 is 13.4. The van der Waals surface area contributed by atoms with Gasteiger partial charge in [-0.25, -0.2) is 9.37 Å². The third-order valence-corrected chi connectivity index (χ3v) is 5.83. The number of carbonyl (C=O) groups is 1. The summed E-state index contributed by atoms with van der Waals surface area (Å²) in [4.78, 5) is 35.7. The van der Waals surface area contributed by atoms with E-state index in [1.807, 2.05) is 38.1 Å². The number of anilines is 1. The number of nitrogens with one attached hydrogen (secondary N) is 2. The zero-order valence-corrected chi connectivity index (χ0v) is 19.6. The second kappa shape index (κ2) is 10.3. The van der Waals surface area contributed by atoms with Crippen molar-refractivity contribution in [3.63, 3.8) is 0 Å². The fourth-order valence-electron chi connectivity index (χ4n) is 3.98. The topological polar surface area (TPSA) is 114 Å². The summed E-state index contributed by atoms with van der Waals surface area (Å²) in [6.07, 6.45) is 3.55. The second-order valence-corrected chi connectivity index (χ2v) is 8.49. The maximum absolute atomic E-state index is 13.4. The molecule has 0 radical (unpaired) electrons. The summed E-state index contributed by atoms with van der Waals surface area (Å²) in [6.45, 7) is 4.17. The smallest absolute Gasteiger partial charge is 0.251 e. The number of hydrogen-bond donors (Lipinski definition) is 3. The standard InChI is InChI=1S/C27H26FN5O2/c1-16-9-25(29)33-17(2)24(16)15-32-26(34)20-7-8-30-23(13-20)11-19-5-3-18(4-6-19)10-21-12-22(28)14-31-27(21)35/h3-9,12-14H,10-11,15H2,1-2H3,(H2,29,33)(H,31,35)(H,32,34). The molecule has 1 aromatic carbocycles. The maximum Gasteiger partial charge on any atom is 0.251 e. The number of aromatic amines is 1. The number of carbonyl (C=O) groups excluding carboxylic acids is 1. The molecule has 4 N–H and O–H groups in total. The van der Waals surface area contributed by atoms with Crippen LogP contribution >= 0.6 is 0 Å². The highest BCUT2D eigenvalue weighted by atomic mass is 19.1. The third kappa shape index (κ3) is 5.97. The van der Waals surface area contributed by atoms with Crippen LogP contribution in [0.2, 0.25) is 0 Å². The van der Waals surface area contributed by atoms with E-state index in [-0.39, 0.29) is 11.5 Å². The SMILES string of the molecule is Cc1cc(N)nc(C)c1CNC(=O)c1ccnc(Cc2ccc(Cc3cc(F)c[nH]c3=O)cc2)c1. The number of H-pyrrole nitrogens is 1. The van der Waals surface area contributed by atoms with Gasteiger partial charge in [-0.2, -0.15) is 0 Å². The Labute approximate surface area is 202 Å². The number of aromatic nitrogens is 3. The molecule has 8 heteroatoms. The molecular weight excluding hydrogens is 445 g/mol. The minimum Gasteiger partial charge on any atom is -0.384 e. The van der Waals surface area contributed by atoms with E-state index in [0.29, 0.717) is 36.3 Å². The van der Waals surface area contributed by atoms with E-state index in [0.717, 1.165) is 39.8 Å². The fourth-order valence-corrected chi connectivity index (χ4v) is 3.98. The van der Waals surface area contributed by atoms with Crippen molar-refractivity contribution >= 4 is 11.7 Å². The Kier molecular flexibility index (Phi) is 7.01. The lowest BCUT2D eigenvalue weighted by Gasteiger charge is -2.12. The first-order chi connectivity index (χ1) is 16.8. The molecule has 0 fully saturated rings. The normalized spacial score (nSPS) is 10.8. The summed E-state index contributed by atoms with van der Waals surface area (Å²) >= 11 is 0. The van der Waals surface area contributed by atoms with Crippen LogP contribution in [0.25, 0.3) is 0 Å². The molecule has 35 heavy (non-hydrogen) atoms. The number of aryl methyl sites for hydroxylation is 2. The van der Waals surface area contributed by atoms with E-state index in [4.69, 9.17) is 5.73 Å². The molecule has 4 rings (SSSR count). The highest BCUT2D eigenvalue weighted by molar-refractivity contribution is 5.94. The summed E-state index contributed by atoms with van der Waals surface area (Å²) in [5.74, 6) is -0.203. The van der Waals surface area contributed by atoms with Crippen molar-refractivity contribution in [2.45, 2.75) is 33.2 Å². The summed E-state index contributed by atoms with van der Waals surface area (Å²) in [7, 11) is 0. The van der Waals surface area contributed by atoms with Gasteiger partial charge in [-0.15, -0.1) is 0 Å². The minimum atomic E-state index is -0.471. The van der Waals surface area contributed by atoms with Crippen molar-refractivity contribution in [2.75, 3.05) is 5.73 Å². The zero-order chi connectivity index (χ0) is 24.9. The Morgan fingerprint density at radius 3 is 2.49 bits per heavy atom. The van der Waals surface area contributed by atoms with Crippen LogP contribution in [0.4, 0.5) is 10.2 Å². The number of pyridine rings is 3. The number of nitrogens with two attached hydrogens (primary N) is 1. The molecule has 0 saturated carbocycles. The van der Waals surface area contributed by atoms with E-state index < -0.39 is 5.82 Å². The van der Waals surface area contributed by atoms with Gasteiger partial charge in [0.1, 0.15) is 11.6 Å². The van der Waals surface area contributed by atoms with Crippen LogP contribution in [0.3, 0.4) is 0 Å². The van der Waals surface area contributed by atoms with Crippen LogP contribution < -0.4 is 16.6 Å². The van der Waals surface area contributed by atoms with Crippen molar-refractivity contribution in [2.24, 2.45) is 0 Å². The number of rotatable bonds is 7. The van der Waals surface area contributed by atoms with E-state index in [9.17, 15) is 14.0 Å². The lowest BCUT2D eigenvalue weighted by molar-refractivity contribution is 0.0950. The molecule has 0 unspecified atom stereocenters. The van der Waals surface area contributed by atoms with E-state index in [2.05, 4.69) is 20.3 Å². The van der Waals surface area contributed by atoms with Crippen molar-refractivity contribution in [3.05, 3.63) is 122 Å². The molecule has 7 nitrogen and oxygen atoms in total. The Bertz CT molecular complexity index is 1410. The van der Waals surface area contributed by atoms with Crippen molar-refractivity contribution in [3.8, 4) is 0 Å². The predicted molar refractivity (Wildman–Crippen MR) is 133 cm³/mol. The van der Waals surface area contributed by atoms with Crippen LogP contribution in [-0.2, 0) is 19.4 Å². The molecule has 0 aliphatic heterocycles. The first kappa shape index (κ1) is 23.8. The number of halogens is 1. The number of hydrogen-bond acceptors (Lipinski definition) is 5. The molecule has 1 amide bonds. The lowest BCUT2D eigenvalue weighted by Crippen LogP contribution is -2.24. The van der Waals surface area contributed by atoms with Gasteiger partial charge in [-0.05, 0) is 60.4 Å². The van der Waals surface area contributed by atoms with Gasteiger partial charge in [0.2, 0.25) is 0 Å². The Hall–Kier alpha value is -4.33. The minimum absolute atomic E-state index is 0.195. The monoisotopic (exact) mass is 471 g/mol. The quantitative estimate of drug-likeness (QED) is 0.381. The zero-order valence-electron chi connectivity index (χ0n) is 19.6. The third-order valence-electron chi connectivity index (χ3n) is 5.83. The summed E-state index contributed by atoms with van der Waals surface area (Å²) in [6, 6.07) is 14.2. The Morgan fingerprint density at radius 2 is 1.77 bits per heavy atom. The average Bonchev–Trinajstić information content (AvgIpc) is 2.82. The Balaban J connectivity index is 1.40. The second-order valence-electron chi connectivity index (χ2n) is 8.49. The molecule has 3 aromatic heterocycles. The lowest BCUT2D eigenvalue weighted by atomic mass is 10.0. The van der Waals surface area contributed by atoms with Gasteiger partial charge in [-0.3, -0.25) is 14.6 Å². The predicted octanol–water partition coefficient (Wildman–Crippen LogP) is 3.61. The summed E-state index contributed by atoms with van der Waals surface area (Å²) in [5, 5.41) is 2.94. The van der Waals surface area contributed by atoms with Crippen molar-refractivity contribution < 1.29 is 9.18 Å². The molecule has 3 heterocycles. The van der Waals surface area contributed by atoms with Crippen LogP contribution in [-0.4, -0.2) is 20.9 Å². The first-order valence-corrected chi connectivity index (χ1v) is 11.2. The largest absolute Gasteiger partial charge is 0.384 e. The molecule has 0 aliphatic rings. The molecule has 0 bridgehead atoms. The first-order valence-electron chi connectivity index (χ1n) is 11.2. The molecule has 0 aliphatic carbocycles. The average molecular weight is 472 g/mol. The number of benzene rings is 1. The molecule has 178 valence electrons. The highest BCUT2D eigenvalue weighted by Gasteiger charge is 2.11. The maximum atomic E-state index is 13.4. The van der Waals surface area contributed by atoms with Gasteiger partial charge in [0.15, 0.2) is 0 Å². The molecular formula is C27H26FN5O2. The van der Waals surface area contributed by atoms with E-state index in [1.54, 1.807) is 24.4 Å². The molecule has 0 saturated heterocycles. The van der Waals surface area contributed by atoms with E-state index in [1.165, 1.54) is 6.07 Å². The van der Waals surface area contributed by atoms with Gasteiger partial charge in [0, 0.05) is 54.3 Å². The molecule has 4 aromatic rings. The van der Waals surface area contributed by atoms with Gasteiger partial charge < -0.3 is 16.0 Å². The summed E-state index contributed by atoms with van der Waals surface area (Å²) in [5.41, 5.74) is 11.8. The van der Waals surface area contributed by atoms with Gasteiger partial charge >= 0.3 is 0 Å². The number of nitrogen functional groups attached to an aromatic ring is 1. The van der Waals surface area contributed by atoms with Gasteiger partial charge in [0.25, 0.3) is 11.5 Å². The van der Waals surface area contributed by atoms with Gasteiger partial charge in [0.05, 0.1) is 0 Å². The van der Waals surface area contributed by atoms with Gasteiger partial charge in [-0.1, -0.05) is 24.3 Å². The van der Waals surface area contributed by atoms with Crippen LogP contribution in [0.15, 0.2) is 65.7 Å². The number of amides is 1. The van der Waals surface area contributed by atoms with Crippen LogP contribution in [0, 0.1) is 19.7 Å². The fraction of sp³-hybridized carbons (Fsp3) is 0.185. The number of nitrogens with zero attached hydrogens (tertiary/aromatic N) is 2. The molecule has 0 spiro atoms. The molecule has 0 atom stereocenters. The van der Waals surface area contributed by atoms with Crippen molar-refractivity contribution in [1.29, 1.82) is 0 Å².